The van der Waals surface area contributed by atoms with Crippen LogP contribution in [0.25, 0.3) is 43.6 Å². The SMILES string of the molecule is O=C1NC(=O)c2c1c1c3ccccc3n3c1c1c2c2ccccc2n1CCOCCOCCOCCOCC3. The molecule has 2 aromatic heterocycles. The van der Waals surface area contributed by atoms with Crippen molar-refractivity contribution in [3.05, 3.63) is 59.7 Å². The summed E-state index contributed by atoms with van der Waals surface area (Å²) in [7, 11) is 0. The van der Waals surface area contributed by atoms with Gasteiger partial charge in [-0.3, -0.25) is 14.9 Å². The molecule has 39 heavy (non-hydrogen) atoms. The molecule has 0 radical (unpaired) electrons. The summed E-state index contributed by atoms with van der Waals surface area (Å²) in [5.41, 5.74) is 4.74. The van der Waals surface area contributed by atoms with E-state index in [4.69, 9.17) is 18.9 Å². The van der Waals surface area contributed by atoms with Gasteiger partial charge in [-0.15, -0.1) is 0 Å². The fourth-order valence-electron chi connectivity index (χ4n) is 6.08. The highest BCUT2D eigenvalue weighted by Crippen LogP contribution is 2.44. The number of rotatable bonds is 0. The van der Waals surface area contributed by atoms with E-state index in [1.54, 1.807) is 0 Å². The average molecular weight is 528 g/mol. The van der Waals surface area contributed by atoms with Crippen molar-refractivity contribution < 1.29 is 28.5 Å². The molecule has 0 atom stereocenters. The average Bonchev–Trinajstić information content (AvgIpc) is 3.55. The minimum atomic E-state index is -0.354. The molecule has 5 aromatic rings. The van der Waals surface area contributed by atoms with E-state index in [0.29, 0.717) is 77.1 Å². The predicted molar refractivity (Wildman–Crippen MR) is 148 cm³/mol. The monoisotopic (exact) mass is 527 g/mol. The zero-order valence-electron chi connectivity index (χ0n) is 21.5. The van der Waals surface area contributed by atoms with Crippen LogP contribution in [-0.4, -0.2) is 73.8 Å². The Morgan fingerprint density at radius 3 is 1.36 bits per heavy atom. The summed E-state index contributed by atoms with van der Waals surface area (Å²) < 4.78 is 27.6. The number of imide groups is 1. The normalized spacial score (nSPS) is 18.2. The molecule has 9 nitrogen and oxygen atoms in total. The van der Waals surface area contributed by atoms with E-state index in [1.807, 2.05) is 36.4 Å². The Kier molecular flexibility index (Phi) is 6.28. The zero-order valence-corrected chi connectivity index (χ0v) is 21.5. The van der Waals surface area contributed by atoms with Crippen molar-refractivity contribution in [1.29, 1.82) is 0 Å². The lowest BCUT2D eigenvalue weighted by atomic mass is 9.96. The summed E-state index contributed by atoms with van der Waals surface area (Å²) in [5.74, 6) is -0.708. The number of para-hydroxylation sites is 2. The van der Waals surface area contributed by atoms with Crippen LogP contribution in [-0.2, 0) is 32.0 Å². The fraction of sp³-hybridized carbons (Fsp3) is 0.333. The Bertz CT molecular complexity index is 1620. The second-order valence-electron chi connectivity index (χ2n) is 9.77. The standard InChI is InChI=1S/C30H29N3O6/c34-29-25-23-19-5-1-3-7-21(19)32-9-11-36-13-15-38-17-18-39-16-14-37-12-10-33-22-8-4-2-6-20(22)24(28(33)27(23)32)26(25)30(35)31-29/h1-8H,9-18H2,(H,31,34,35). The quantitative estimate of drug-likeness (QED) is 0.308. The Morgan fingerprint density at radius 1 is 0.538 bits per heavy atom. The van der Waals surface area contributed by atoms with Crippen LogP contribution in [0.15, 0.2) is 48.5 Å². The number of hydrogen-bond donors (Lipinski definition) is 1. The van der Waals surface area contributed by atoms with Crippen molar-refractivity contribution in [1.82, 2.24) is 14.5 Å². The highest BCUT2D eigenvalue weighted by Gasteiger charge is 2.36. The van der Waals surface area contributed by atoms with Crippen LogP contribution in [0.3, 0.4) is 0 Å². The lowest BCUT2D eigenvalue weighted by Crippen LogP contribution is -2.20. The summed E-state index contributed by atoms with van der Waals surface area (Å²) >= 11 is 0. The Labute approximate surface area is 224 Å². The van der Waals surface area contributed by atoms with Gasteiger partial charge in [0.15, 0.2) is 0 Å². The molecular weight excluding hydrogens is 498 g/mol. The van der Waals surface area contributed by atoms with E-state index < -0.39 is 0 Å². The van der Waals surface area contributed by atoms with Crippen LogP contribution >= 0.6 is 0 Å². The molecule has 0 spiro atoms. The maximum Gasteiger partial charge on any atom is 0.259 e. The van der Waals surface area contributed by atoms with Crippen LogP contribution in [0.2, 0.25) is 0 Å². The van der Waals surface area contributed by atoms with Crippen molar-refractivity contribution in [2.45, 2.75) is 13.1 Å². The van der Waals surface area contributed by atoms with Crippen LogP contribution in [0.5, 0.6) is 0 Å². The number of fused-ring (bicyclic) bond motifs is 9. The first kappa shape index (κ1) is 24.3. The minimum Gasteiger partial charge on any atom is -0.377 e. The van der Waals surface area contributed by atoms with Gasteiger partial charge in [0.1, 0.15) is 0 Å². The van der Waals surface area contributed by atoms with E-state index in [2.05, 4.69) is 26.6 Å². The van der Waals surface area contributed by atoms with Gasteiger partial charge in [0.2, 0.25) is 0 Å². The molecule has 1 N–H and O–H groups in total. The number of carbonyl (C=O) groups is 2. The van der Waals surface area contributed by atoms with Gasteiger partial charge in [-0.05, 0) is 12.1 Å². The summed E-state index contributed by atoms with van der Waals surface area (Å²) in [6.07, 6.45) is 0. The molecule has 0 bridgehead atoms. The third-order valence-electron chi connectivity index (χ3n) is 7.63. The van der Waals surface area contributed by atoms with Crippen LogP contribution in [0.1, 0.15) is 20.7 Å². The molecule has 4 heterocycles. The number of nitrogens with one attached hydrogen (secondary N) is 1. The maximum absolute atomic E-state index is 13.3. The van der Waals surface area contributed by atoms with Gasteiger partial charge in [0.05, 0.1) is 75.0 Å². The molecule has 9 heteroatoms. The fourth-order valence-corrected chi connectivity index (χ4v) is 6.08. The van der Waals surface area contributed by atoms with Crippen LogP contribution in [0.4, 0.5) is 0 Å². The molecular formula is C30H29N3O6. The molecule has 3 aromatic carbocycles. The Balaban J connectivity index is 1.55. The van der Waals surface area contributed by atoms with Gasteiger partial charge in [0.25, 0.3) is 11.8 Å². The largest absolute Gasteiger partial charge is 0.377 e. The molecule has 2 aliphatic heterocycles. The first-order chi connectivity index (χ1) is 19.3. The number of benzene rings is 3. The van der Waals surface area contributed by atoms with Crippen molar-refractivity contribution in [2.75, 3.05) is 52.9 Å². The Morgan fingerprint density at radius 2 is 0.923 bits per heavy atom. The Hall–Kier alpha value is -3.76. The third kappa shape index (κ3) is 3.92. The topological polar surface area (TPSA) is 93.0 Å². The second-order valence-corrected chi connectivity index (χ2v) is 9.77. The van der Waals surface area contributed by atoms with Gasteiger partial charge < -0.3 is 28.1 Å². The second kappa shape index (κ2) is 10.1. The smallest absolute Gasteiger partial charge is 0.259 e. The lowest BCUT2D eigenvalue weighted by Gasteiger charge is -2.14. The van der Waals surface area contributed by atoms with E-state index in [1.165, 1.54) is 0 Å². The number of nitrogens with zero attached hydrogens (tertiary/aromatic N) is 2. The van der Waals surface area contributed by atoms with Gasteiger partial charge in [0, 0.05) is 45.7 Å². The first-order valence-electron chi connectivity index (χ1n) is 13.4. The summed E-state index contributed by atoms with van der Waals surface area (Å²) in [6.45, 7) is 5.05. The molecule has 2 aliphatic rings. The number of amides is 2. The van der Waals surface area contributed by atoms with Crippen LogP contribution < -0.4 is 5.32 Å². The number of hydrogen-bond acceptors (Lipinski definition) is 6. The molecule has 2 amide bonds. The van der Waals surface area contributed by atoms with Crippen molar-refractivity contribution in [3.63, 3.8) is 0 Å². The van der Waals surface area contributed by atoms with Gasteiger partial charge in [-0.1, -0.05) is 36.4 Å². The molecule has 0 saturated heterocycles. The predicted octanol–water partition coefficient (Wildman–Crippen LogP) is 3.87. The molecule has 0 aliphatic carbocycles. The van der Waals surface area contributed by atoms with Crippen molar-refractivity contribution in [3.8, 4) is 0 Å². The van der Waals surface area contributed by atoms with Gasteiger partial charge >= 0.3 is 0 Å². The summed E-state index contributed by atoms with van der Waals surface area (Å²) in [5, 5.41) is 6.06. The summed E-state index contributed by atoms with van der Waals surface area (Å²) in [4.78, 5) is 26.6. The molecule has 0 unspecified atom stereocenters. The molecule has 0 fully saturated rings. The summed E-state index contributed by atoms with van der Waals surface area (Å²) in [6, 6.07) is 16.1. The van der Waals surface area contributed by atoms with Crippen molar-refractivity contribution in [2.24, 2.45) is 0 Å². The van der Waals surface area contributed by atoms with Gasteiger partial charge in [-0.25, -0.2) is 0 Å². The van der Waals surface area contributed by atoms with E-state index in [-0.39, 0.29) is 11.8 Å². The first-order valence-corrected chi connectivity index (χ1v) is 13.4. The lowest BCUT2D eigenvalue weighted by molar-refractivity contribution is -0.00306. The zero-order chi connectivity index (χ0) is 26.3. The highest BCUT2D eigenvalue weighted by molar-refractivity contribution is 6.39. The molecule has 7 rings (SSSR count). The number of aromatic nitrogens is 2. The minimum absolute atomic E-state index is 0.354. The molecule has 0 saturated carbocycles. The number of carbonyl (C=O) groups excluding carboxylic acids is 2. The highest BCUT2D eigenvalue weighted by atomic mass is 16.6. The van der Waals surface area contributed by atoms with E-state index >= 15 is 0 Å². The van der Waals surface area contributed by atoms with E-state index in [9.17, 15) is 9.59 Å². The number of ether oxygens (including phenoxy) is 4. The van der Waals surface area contributed by atoms with Crippen molar-refractivity contribution >= 4 is 55.4 Å². The molecule has 200 valence electrons. The van der Waals surface area contributed by atoms with Gasteiger partial charge in [-0.2, -0.15) is 0 Å². The third-order valence-corrected chi connectivity index (χ3v) is 7.63. The van der Waals surface area contributed by atoms with Crippen LogP contribution in [0, 0.1) is 0 Å². The van der Waals surface area contributed by atoms with E-state index in [0.717, 1.165) is 43.6 Å². The maximum atomic E-state index is 13.3.